The predicted molar refractivity (Wildman–Crippen MR) is 127 cm³/mol. The first-order valence-electron chi connectivity index (χ1n) is 11.9. The lowest BCUT2D eigenvalue weighted by atomic mass is 9.51. The highest BCUT2D eigenvalue weighted by Gasteiger charge is 2.71. The lowest BCUT2D eigenvalue weighted by Gasteiger charge is -2.54. The molecule has 4 aliphatic carbocycles. The molecule has 5 nitrogen and oxygen atoms in total. The van der Waals surface area contributed by atoms with Crippen LogP contribution in [-0.4, -0.2) is 34.6 Å². The van der Waals surface area contributed by atoms with Gasteiger partial charge in [0.25, 0.3) is 0 Å². The van der Waals surface area contributed by atoms with Crippen LogP contribution < -0.4 is 0 Å². The lowest BCUT2D eigenvalue weighted by Crippen LogP contribution is -2.58. The highest BCUT2D eigenvalue weighted by atomic mass is 32.2. The average molecular weight is 503 g/mol. The van der Waals surface area contributed by atoms with Gasteiger partial charge in [0.2, 0.25) is 10.9 Å². The molecule has 8 heteroatoms. The SMILES string of the molecule is C[C@@H]1CC2C3C[C@H](F)C4=CC(=O)C=CC4(C)C3=CCC2(C)[C@@]1(OC(=O)c1ccco1)C(=O)SCF. The van der Waals surface area contributed by atoms with E-state index in [0.29, 0.717) is 30.2 Å². The van der Waals surface area contributed by atoms with Gasteiger partial charge in [0, 0.05) is 16.7 Å². The van der Waals surface area contributed by atoms with Crippen molar-refractivity contribution in [2.45, 2.75) is 51.8 Å². The Hall–Kier alpha value is -2.48. The quantitative estimate of drug-likeness (QED) is 0.384. The molecule has 0 aromatic carbocycles. The molecule has 1 aromatic rings. The molecule has 4 unspecified atom stereocenters. The zero-order chi connectivity index (χ0) is 25.2. The zero-order valence-corrected chi connectivity index (χ0v) is 20.7. The summed E-state index contributed by atoms with van der Waals surface area (Å²) >= 11 is 0.506. The molecular formula is C27H28F2O5S. The summed E-state index contributed by atoms with van der Waals surface area (Å²) in [6.45, 7) is 5.68. The number of alkyl halides is 2. The van der Waals surface area contributed by atoms with E-state index in [9.17, 15) is 18.8 Å². The summed E-state index contributed by atoms with van der Waals surface area (Å²) in [7, 11) is 0. The van der Waals surface area contributed by atoms with Crippen LogP contribution >= 0.6 is 11.8 Å². The van der Waals surface area contributed by atoms with Gasteiger partial charge in [0.1, 0.15) is 12.2 Å². The van der Waals surface area contributed by atoms with E-state index in [1.165, 1.54) is 24.5 Å². The Balaban J connectivity index is 1.61. The fraction of sp³-hybridized carbons (Fsp3) is 0.519. The lowest BCUT2D eigenvalue weighted by molar-refractivity contribution is -0.151. The predicted octanol–water partition coefficient (Wildman–Crippen LogP) is 5.78. The van der Waals surface area contributed by atoms with Crippen LogP contribution in [0, 0.1) is 28.6 Å². The molecule has 0 aliphatic heterocycles. The number of hydrogen-bond donors (Lipinski definition) is 0. The molecule has 5 rings (SSSR count). The highest BCUT2D eigenvalue weighted by molar-refractivity contribution is 8.13. The van der Waals surface area contributed by atoms with Crippen molar-refractivity contribution in [1.29, 1.82) is 0 Å². The molecular weight excluding hydrogens is 474 g/mol. The topological polar surface area (TPSA) is 73.6 Å². The number of rotatable bonds is 4. The van der Waals surface area contributed by atoms with Gasteiger partial charge >= 0.3 is 5.97 Å². The molecule has 0 N–H and O–H groups in total. The average Bonchev–Trinajstić information content (AvgIpc) is 3.42. The molecule has 4 aliphatic rings. The van der Waals surface area contributed by atoms with E-state index in [0.717, 1.165) is 5.57 Å². The van der Waals surface area contributed by atoms with E-state index in [4.69, 9.17) is 9.15 Å². The monoisotopic (exact) mass is 502 g/mol. The second-order valence-corrected chi connectivity index (χ2v) is 11.4. The van der Waals surface area contributed by atoms with E-state index in [1.54, 1.807) is 12.1 Å². The van der Waals surface area contributed by atoms with Gasteiger partial charge in [-0.2, -0.15) is 0 Å². The highest BCUT2D eigenvalue weighted by Crippen LogP contribution is 2.68. The second kappa shape index (κ2) is 8.29. The van der Waals surface area contributed by atoms with Gasteiger partial charge in [-0.25, -0.2) is 13.6 Å². The van der Waals surface area contributed by atoms with E-state index in [2.05, 4.69) is 0 Å². The summed E-state index contributed by atoms with van der Waals surface area (Å²) in [4.78, 5) is 38.6. The Morgan fingerprint density at radius 2 is 2.03 bits per heavy atom. The van der Waals surface area contributed by atoms with Crippen LogP contribution in [0.3, 0.4) is 0 Å². The third-order valence-corrected chi connectivity index (χ3v) is 9.62. The summed E-state index contributed by atoms with van der Waals surface area (Å²) in [6.07, 6.45) is 7.86. The number of carbonyl (C=O) groups excluding carboxylic acids is 3. The van der Waals surface area contributed by atoms with Crippen LogP contribution in [0.1, 0.15) is 50.6 Å². The van der Waals surface area contributed by atoms with Crippen molar-refractivity contribution < 1.29 is 32.3 Å². The number of carbonyl (C=O) groups is 3. The van der Waals surface area contributed by atoms with Gasteiger partial charge in [-0.05, 0) is 79.6 Å². The smallest absolute Gasteiger partial charge is 0.375 e. The minimum absolute atomic E-state index is 0.0329. The molecule has 0 saturated heterocycles. The van der Waals surface area contributed by atoms with Crippen LogP contribution in [0.5, 0.6) is 0 Å². The summed E-state index contributed by atoms with van der Waals surface area (Å²) in [5.74, 6) is -1.82. The van der Waals surface area contributed by atoms with E-state index < -0.39 is 45.6 Å². The van der Waals surface area contributed by atoms with E-state index >= 15 is 4.39 Å². The zero-order valence-electron chi connectivity index (χ0n) is 19.9. The molecule has 7 atom stereocenters. The first-order valence-corrected chi connectivity index (χ1v) is 12.9. The van der Waals surface area contributed by atoms with E-state index in [-0.39, 0.29) is 29.8 Å². The molecule has 0 radical (unpaired) electrons. The van der Waals surface area contributed by atoms with Crippen molar-refractivity contribution in [3.8, 4) is 0 Å². The van der Waals surface area contributed by atoms with Crippen molar-refractivity contribution in [3.63, 3.8) is 0 Å². The van der Waals surface area contributed by atoms with Crippen LogP contribution in [-0.2, 0) is 14.3 Å². The molecule has 0 bridgehead atoms. The Bertz CT molecular complexity index is 1170. The molecule has 186 valence electrons. The number of ketones is 1. The summed E-state index contributed by atoms with van der Waals surface area (Å²) in [6, 6.07) is 2.08. The molecule has 0 amide bonds. The third kappa shape index (κ3) is 3.28. The fourth-order valence-electron chi connectivity index (χ4n) is 7.30. The molecule has 35 heavy (non-hydrogen) atoms. The van der Waals surface area contributed by atoms with Crippen molar-refractivity contribution in [2.24, 2.45) is 28.6 Å². The van der Waals surface area contributed by atoms with Crippen LogP contribution in [0.15, 0.2) is 58.3 Å². The van der Waals surface area contributed by atoms with Gasteiger partial charge in [-0.1, -0.05) is 31.6 Å². The van der Waals surface area contributed by atoms with Crippen molar-refractivity contribution in [2.75, 3.05) is 6.01 Å². The van der Waals surface area contributed by atoms with Crippen LogP contribution in [0.25, 0.3) is 0 Å². The van der Waals surface area contributed by atoms with Gasteiger partial charge in [0.05, 0.1) is 6.26 Å². The molecule has 0 spiro atoms. The first-order chi connectivity index (χ1) is 16.6. The maximum Gasteiger partial charge on any atom is 0.375 e. The number of fused-ring (bicyclic) bond motifs is 5. The molecule has 2 fully saturated rings. The number of thioether (sulfide) groups is 1. The Labute approximate surface area is 207 Å². The minimum atomic E-state index is -1.60. The second-order valence-electron chi connectivity index (χ2n) is 10.5. The number of esters is 1. The van der Waals surface area contributed by atoms with Crippen molar-refractivity contribution in [3.05, 3.63) is 59.6 Å². The largest absolute Gasteiger partial charge is 0.457 e. The normalized spacial score (nSPS) is 39.7. The van der Waals surface area contributed by atoms with Gasteiger partial charge in [-0.15, -0.1) is 0 Å². The number of furan rings is 1. The summed E-state index contributed by atoms with van der Waals surface area (Å²) in [5, 5.41) is -0.531. The van der Waals surface area contributed by atoms with E-state index in [1.807, 2.05) is 26.8 Å². The standard InChI is InChI=1S/C27H28F2O5S/c1-15-11-19-17-13-21(29)20-12-16(30)6-8-25(20,2)18(17)7-9-26(19,3)27(15,24(32)35-14-28)34-23(31)22-5-4-10-33-22/h4-8,10,12,15,17,19,21H,9,11,13-14H2,1-3H3/t15-,17?,19?,21+,25?,26?,27+/m1/s1. The molecule has 1 heterocycles. The maximum atomic E-state index is 15.6. The fourth-order valence-corrected chi connectivity index (χ4v) is 8.09. The number of halogens is 2. The third-order valence-electron chi connectivity index (χ3n) is 8.94. The Morgan fingerprint density at radius 3 is 2.71 bits per heavy atom. The molecule has 1 aromatic heterocycles. The number of hydrogen-bond acceptors (Lipinski definition) is 6. The van der Waals surface area contributed by atoms with Gasteiger partial charge in [0.15, 0.2) is 11.4 Å². The summed E-state index contributed by atoms with van der Waals surface area (Å²) < 4.78 is 40.2. The molecule has 2 saturated carbocycles. The van der Waals surface area contributed by atoms with Gasteiger partial charge in [-0.3, -0.25) is 9.59 Å². The maximum absolute atomic E-state index is 15.6. The minimum Gasteiger partial charge on any atom is -0.457 e. The number of allylic oxidation sites excluding steroid dienone is 6. The number of ether oxygens (including phenoxy) is 1. The Kier molecular flexibility index (Phi) is 5.74. The first kappa shape index (κ1) is 24.2. The van der Waals surface area contributed by atoms with Gasteiger partial charge < -0.3 is 9.15 Å². The Morgan fingerprint density at radius 1 is 1.26 bits per heavy atom. The van der Waals surface area contributed by atoms with Crippen molar-refractivity contribution in [1.82, 2.24) is 0 Å². The van der Waals surface area contributed by atoms with Crippen LogP contribution in [0.4, 0.5) is 8.78 Å². The summed E-state index contributed by atoms with van der Waals surface area (Å²) in [5.41, 5.74) is -1.67. The van der Waals surface area contributed by atoms with Crippen molar-refractivity contribution >= 4 is 28.6 Å². The van der Waals surface area contributed by atoms with Crippen LogP contribution in [0.2, 0.25) is 0 Å².